The van der Waals surface area contributed by atoms with E-state index in [0.717, 1.165) is 0 Å². The molecule has 2 aliphatic rings. The van der Waals surface area contributed by atoms with Crippen LogP contribution in [-0.4, -0.2) is 31.7 Å². The van der Waals surface area contributed by atoms with Gasteiger partial charge >= 0.3 is 0 Å². The molecule has 0 aliphatic carbocycles. The van der Waals surface area contributed by atoms with Gasteiger partial charge in [0, 0.05) is 24.7 Å². The molecule has 1 saturated heterocycles. The number of hydrogen-bond acceptors (Lipinski definition) is 2. The number of fused-ring (bicyclic) bond motifs is 3. The fourth-order valence-electron chi connectivity index (χ4n) is 3.54. The second-order valence-corrected chi connectivity index (χ2v) is 5.15. The normalized spacial score (nSPS) is 34.3. The number of hydrogen-bond donors (Lipinski definition) is 0. The third-order valence-corrected chi connectivity index (χ3v) is 4.24. The van der Waals surface area contributed by atoms with E-state index in [2.05, 4.69) is 55.1 Å². The molecule has 0 radical (unpaired) electrons. The molecule has 0 N–H and O–H groups in total. The zero-order valence-electron chi connectivity index (χ0n) is 9.70. The minimum atomic E-state index is 0.333. The maximum atomic E-state index is 2.47. The molecule has 0 bridgehead atoms. The van der Waals surface area contributed by atoms with Crippen LogP contribution in [0.4, 0.5) is 5.69 Å². The number of benzene rings is 1. The van der Waals surface area contributed by atoms with Gasteiger partial charge in [0.05, 0.1) is 6.17 Å². The average Bonchev–Trinajstić information content (AvgIpc) is 2.65. The Bertz CT molecular complexity index is 401. The molecule has 2 atom stereocenters. The molecule has 3 rings (SSSR count). The Hall–Kier alpha value is -1.02. The molecule has 0 aromatic heterocycles. The van der Waals surface area contributed by atoms with Gasteiger partial charge in [0.25, 0.3) is 0 Å². The number of para-hydroxylation sites is 1. The Morgan fingerprint density at radius 2 is 2.00 bits per heavy atom. The summed E-state index contributed by atoms with van der Waals surface area (Å²) in [6, 6.07) is 8.84. The van der Waals surface area contributed by atoms with Gasteiger partial charge in [0.1, 0.15) is 0 Å². The Morgan fingerprint density at radius 1 is 1.27 bits per heavy atom. The van der Waals surface area contributed by atoms with Crippen LogP contribution in [0.5, 0.6) is 0 Å². The average molecular weight is 202 g/mol. The Balaban J connectivity index is 2.19. The van der Waals surface area contributed by atoms with E-state index in [0.29, 0.717) is 11.6 Å². The second kappa shape index (κ2) is 2.76. The molecule has 1 unspecified atom stereocenters. The molecular weight excluding hydrogens is 184 g/mol. The molecular formula is C13H18N2. The van der Waals surface area contributed by atoms with Gasteiger partial charge < -0.3 is 4.90 Å². The third kappa shape index (κ3) is 0.979. The number of likely N-dealkylation sites (N-methyl/N-ethyl adjacent to an activating group) is 2. The standard InChI is InChI=1S/C13H18N2/c1-13-8-9-14(2)12(13)15(3)11-7-5-4-6-10(11)13/h4-7,12H,8-9H2,1-3H3/t12?,13-/m1/s1. The molecule has 2 heteroatoms. The van der Waals surface area contributed by atoms with Crippen molar-refractivity contribution in [3.63, 3.8) is 0 Å². The summed E-state index contributed by atoms with van der Waals surface area (Å²) in [5, 5.41) is 0. The number of rotatable bonds is 0. The van der Waals surface area contributed by atoms with Gasteiger partial charge in [-0.25, -0.2) is 0 Å². The van der Waals surface area contributed by atoms with Gasteiger partial charge in [-0.3, -0.25) is 4.90 Å². The van der Waals surface area contributed by atoms with E-state index >= 15 is 0 Å². The van der Waals surface area contributed by atoms with Crippen LogP contribution in [0.3, 0.4) is 0 Å². The highest BCUT2D eigenvalue weighted by molar-refractivity contribution is 5.64. The van der Waals surface area contributed by atoms with Crippen molar-refractivity contribution in [3.05, 3.63) is 29.8 Å². The predicted octanol–water partition coefficient (Wildman–Crippen LogP) is 2.06. The Morgan fingerprint density at radius 3 is 2.80 bits per heavy atom. The smallest absolute Gasteiger partial charge is 0.0911 e. The van der Waals surface area contributed by atoms with Gasteiger partial charge in [0.15, 0.2) is 0 Å². The van der Waals surface area contributed by atoms with Crippen molar-refractivity contribution in [3.8, 4) is 0 Å². The highest BCUT2D eigenvalue weighted by Crippen LogP contribution is 2.50. The second-order valence-electron chi connectivity index (χ2n) is 5.15. The molecule has 0 saturated carbocycles. The summed E-state index contributed by atoms with van der Waals surface area (Å²) in [5.41, 5.74) is 3.28. The molecule has 15 heavy (non-hydrogen) atoms. The zero-order valence-corrected chi connectivity index (χ0v) is 9.70. The fraction of sp³-hybridized carbons (Fsp3) is 0.538. The first kappa shape index (κ1) is 9.22. The number of likely N-dealkylation sites (tertiary alicyclic amines) is 1. The van der Waals surface area contributed by atoms with Crippen molar-refractivity contribution in [2.24, 2.45) is 0 Å². The van der Waals surface area contributed by atoms with Crippen LogP contribution in [0.15, 0.2) is 24.3 Å². The van der Waals surface area contributed by atoms with Crippen molar-refractivity contribution in [1.29, 1.82) is 0 Å². The first-order valence-electron chi connectivity index (χ1n) is 5.67. The maximum Gasteiger partial charge on any atom is 0.0911 e. The highest BCUT2D eigenvalue weighted by atomic mass is 15.4. The van der Waals surface area contributed by atoms with Crippen molar-refractivity contribution >= 4 is 5.69 Å². The van der Waals surface area contributed by atoms with Gasteiger partial charge in [-0.1, -0.05) is 25.1 Å². The predicted molar refractivity (Wildman–Crippen MR) is 63.2 cm³/mol. The molecule has 1 fully saturated rings. The Labute approximate surface area is 91.5 Å². The van der Waals surface area contributed by atoms with E-state index in [9.17, 15) is 0 Å². The quantitative estimate of drug-likeness (QED) is 0.635. The summed E-state index contributed by atoms with van der Waals surface area (Å²) < 4.78 is 0. The van der Waals surface area contributed by atoms with E-state index in [1.165, 1.54) is 24.2 Å². The van der Waals surface area contributed by atoms with Gasteiger partial charge in [-0.15, -0.1) is 0 Å². The van der Waals surface area contributed by atoms with Gasteiger partial charge in [-0.05, 0) is 25.1 Å². The van der Waals surface area contributed by atoms with Crippen molar-refractivity contribution in [1.82, 2.24) is 4.90 Å². The molecule has 2 heterocycles. The first-order valence-corrected chi connectivity index (χ1v) is 5.67. The van der Waals surface area contributed by atoms with E-state index < -0.39 is 0 Å². The van der Waals surface area contributed by atoms with Crippen LogP contribution in [0, 0.1) is 0 Å². The van der Waals surface area contributed by atoms with E-state index in [1.54, 1.807) is 0 Å². The molecule has 1 aromatic carbocycles. The van der Waals surface area contributed by atoms with E-state index in [4.69, 9.17) is 0 Å². The molecule has 80 valence electrons. The maximum absolute atomic E-state index is 2.47. The van der Waals surface area contributed by atoms with Crippen LogP contribution in [-0.2, 0) is 5.41 Å². The molecule has 2 aliphatic heterocycles. The minimum absolute atomic E-state index is 0.333. The lowest BCUT2D eigenvalue weighted by atomic mass is 9.81. The first-order chi connectivity index (χ1) is 7.14. The third-order valence-electron chi connectivity index (χ3n) is 4.24. The summed E-state index contributed by atoms with van der Waals surface area (Å²) in [5.74, 6) is 0. The minimum Gasteiger partial charge on any atom is -0.358 e. The summed E-state index contributed by atoms with van der Waals surface area (Å²) in [6.07, 6.45) is 1.82. The number of anilines is 1. The van der Waals surface area contributed by atoms with Crippen molar-refractivity contribution in [2.45, 2.75) is 24.9 Å². The largest absolute Gasteiger partial charge is 0.358 e. The lowest BCUT2D eigenvalue weighted by molar-refractivity contribution is 0.268. The monoisotopic (exact) mass is 202 g/mol. The molecule has 1 aromatic rings. The molecule has 0 amide bonds. The number of nitrogens with zero attached hydrogens (tertiary/aromatic N) is 2. The highest BCUT2D eigenvalue weighted by Gasteiger charge is 2.51. The topological polar surface area (TPSA) is 6.48 Å². The summed E-state index contributed by atoms with van der Waals surface area (Å²) in [6.45, 7) is 3.61. The Kier molecular flexibility index (Phi) is 1.70. The lowest BCUT2D eigenvalue weighted by Crippen LogP contribution is -2.45. The van der Waals surface area contributed by atoms with Crippen LogP contribution < -0.4 is 4.90 Å². The van der Waals surface area contributed by atoms with E-state index in [-0.39, 0.29) is 0 Å². The van der Waals surface area contributed by atoms with E-state index in [1.807, 2.05) is 0 Å². The molecule has 2 nitrogen and oxygen atoms in total. The van der Waals surface area contributed by atoms with Crippen LogP contribution in [0.1, 0.15) is 18.9 Å². The zero-order chi connectivity index (χ0) is 10.6. The summed E-state index contributed by atoms with van der Waals surface area (Å²) in [7, 11) is 4.45. The fourth-order valence-corrected chi connectivity index (χ4v) is 3.54. The van der Waals surface area contributed by atoms with Crippen LogP contribution in [0.2, 0.25) is 0 Å². The van der Waals surface area contributed by atoms with Crippen molar-refractivity contribution in [2.75, 3.05) is 25.5 Å². The van der Waals surface area contributed by atoms with Crippen LogP contribution >= 0.6 is 0 Å². The summed E-state index contributed by atoms with van der Waals surface area (Å²) >= 11 is 0. The van der Waals surface area contributed by atoms with Gasteiger partial charge in [-0.2, -0.15) is 0 Å². The van der Waals surface area contributed by atoms with Crippen molar-refractivity contribution < 1.29 is 0 Å². The lowest BCUT2D eigenvalue weighted by Gasteiger charge is -2.32. The summed E-state index contributed by atoms with van der Waals surface area (Å²) in [4.78, 5) is 4.91. The van der Waals surface area contributed by atoms with Crippen LogP contribution in [0.25, 0.3) is 0 Å². The molecule has 0 spiro atoms. The SMILES string of the molecule is CN1CC[C@]2(C)c3ccccc3N(C)C12. The van der Waals surface area contributed by atoms with Gasteiger partial charge in [0.2, 0.25) is 0 Å².